The summed E-state index contributed by atoms with van der Waals surface area (Å²) in [5, 5.41) is 0. The molecule has 2 aromatic carbocycles. The molecule has 4 heteroatoms. The first-order chi connectivity index (χ1) is 11.2. The Kier molecular flexibility index (Phi) is 6.48. The van der Waals surface area contributed by atoms with Gasteiger partial charge in [0.1, 0.15) is 12.4 Å². The molecule has 0 bridgehead atoms. The van der Waals surface area contributed by atoms with Crippen LogP contribution in [0.1, 0.15) is 19.4 Å². The molecule has 0 unspecified atom stereocenters. The molecule has 0 atom stereocenters. The van der Waals surface area contributed by atoms with Gasteiger partial charge in [-0.15, -0.1) is 0 Å². The quantitative estimate of drug-likeness (QED) is 0.564. The Morgan fingerprint density at radius 3 is 2.39 bits per heavy atom. The van der Waals surface area contributed by atoms with Crippen molar-refractivity contribution in [3.63, 3.8) is 0 Å². The number of likely N-dealkylation sites (N-methyl/N-ethyl adjacent to an activating group) is 1. The molecule has 2 rings (SSSR count). The van der Waals surface area contributed by atoms with Crippen molar-refractivity contribution in [2.45, 2.75) is 20.3 Å². The fourth-order valence-electron chi connectivity index (χ4n) is 2.36. The third-order valence-electron chi connectivity index (χ3n) is 3.63. The van der Waals surface area contributed by atoms with E-state index in [0.29, 0.717) is 12.3 Å². The molecule has 0 spiro atoms. The summed E-state index contributed by atoms with van der Waals surface area (Å²) in [4.78, 5) is 14.0. The number of ether oxygens (including phenoxy) is 2. The number of carbonyl (C=O) groups is 1. The lowest BCUT2D eigenvalue weighted by molar-refractivity contribution is 0.101. The normalized spacial score (nSPS) is 10.2. The molecule has 122 valence electrons. The molecule has 0 aromatic heterocycles. The van der Waals surface area contributed by atoms with Crippen molar-refractivity contribution in [2.75, 3.05) is 24.6 Å². The number of aryl methyl sites for hydroxylation is 1. The van der Waals surface area contributed by atoms with Gasteiger partial charge in [-0.3, -0.25) is 0 Å². The standard InChI is InChI=1S/C19H23NO3/c1-3-16-10-8-9-13-18(16)23-19(21)22-15-14-20(4-2)17-11-6-5-7-12-17/h5-13H,3-4,14-15H2,1-2H3. The fourth-order valence-corrected chi connectivity index (χ4v) is 2.36. The van der Waals surface area contributed by atoms with Gasteiger partial charge in [0, 0.05) is 12.2 Å². The lowest BCUT2D eigenvalue weighted by Crippen LogP contribution is -2.28. The van der Waals surface area contributed by atoms with Crippen LogP contribution < -0.4 is 9.64 Å². The zero-order valence-electron chi connectivity index (χ0n) is 13.7. The first kappa shape index (κ1) is 16.9. The van der Waals surface area contributed by atoms with Crippen LogP contribution in [0, 0.1) is 0 Å². The molecule has 23 heavy (non-hydrogen) atoms. The smallest absolute Gasteiger partial charge is 0.432 e. The summed E-state index contributed by atoms with van der Waals surface area (Å²) in [6, 6.07) is 17.5. The predicted octanol–water partition coefficient (Wildman–Crippen LogP) is 4.29. The minimum atomic E-state index is -0.657. The summed E-state index contributed by atoms with van der Waals surface area (Å²) in [5.74, 6) is 0.565. The third-order valence-corrected chi connectivity index (χ3v) is 3.63. The molecule has 0 saturated carbocycles. The van der Waals surface area contributed by atoms with Gasteiger partial charge in [-0.25, -0.2) is 4.79 Å². The van der Waals surface area contributed by atoms with E-state index in [9.17, 15) is 4.79 Å². The summed E-state index contributed by atoms with van der Waals surface area (Å²) in [6.45, 7) is 5.86. The van der Waals surface area contributed by atoms with Crippen LogP contribution in [0.25, 0.3) is 0 Å². The highest BCUT2D eigenvalue weighted by atomic mass is 16.7. The van der Waals surface area contributed by atoms with Crippen LogP contribution >= 0.6 is 0 Å². The Bertz CT molecular complexity index is 613. The van der Waals surface area contributed by atoms with Crippen molar-refractivity contribution in [3.8, 4) is 5.75 Å². The Balaban J connectivity index is 1.82. The summed E-state index contributed by atoms with van der Waals surface area (Å²) in [6.07, 6.45) is 0.149. The van der Waals surface area contributed by atoms with Gasteiger partial charge < -0.3 is 14.4 Å². The minimum absolute atomic E-state index is 0.288. The van der Waals surface area contributed by atoms with Gasteiger partial charge in [-0.2, -0.15) is 0 Å². The molecule has 0 amide bonds. The van der Waals surface area contributed by atoms with Crippen LogP contribution in [-0.2, 0) is 11.2 Å². The van der Waals surface area contributed by atoms with Gasteiger partial charge in [-0.1, -0.05) is 43.3 Å². The number of anilines is 1. The van der Waals surface area contributed by atoms with Crippen molar-refractivity contribution < 1.29 is 14.3 Å². The summed E-state index contributed by atoms with van der Waals surface area (Å²) >= 11 is 0. The molecule has 4 nitrogen and oxygen atoms in total. The zero-order valence-corrected chi connectivity index (χ0v) is 13.7. The molecule has 0 N–H and O–H groups in total. The van der Waals surface area contributed by atoms with Crippen LogP contribution in [0.4, 0.5) is 10.5 Å². The highest BCUT2D eigenvalue weighted by Crippen LogP contribution is 2.19. The van der Waals surface area contributed by atoms with Crippen molar-refractivity contribution >= 4 is 11.8 Å². The third kappa shape index (κ3) is 5.02. The highest BCUT2D eigenvalue weighted by Gasteiger charge is 2.10. The van der Waals surface area contributed by atoms with Gasteiger partial charge in [0.2, 0.25) is 0 Å². The van der Waals surface area contributed by atoms with Gasteiger partial charge in [-0.05, 0) is 37.1 Å². The van der Waals surface area contributed by atoms with Gasteiger partial charge >= 0.3 is 6.16 Å². The predicted molar refractivity (Wildman–Crippen MR) is 92.1 cm³/mol. The summed E-state index contributed by atoms with van der Waals surface area (Å²) in [7, 11) is 0. The van der Waals surface area contributed by atoms with Crippen LogP contribution in [0.15, 0.2) is 54.6 Å². The number of hydrogen-bond acceptors (Lipinski definition) is 4. The largest absolute Gasteiger partial charge is 0.513 e. The molecule has 0 radical (unpaired) electrons. The topological polar surface area (TPSA) is 38.8 Å². The first-order valence-electron chi connectivity index (χ1n) is 7.97. The van der Waals surface area contributed by atoms with E-state index in [1.807, 2.05) is 55.5 Å². The van der Waals surface area contributed by atoms with Crippen LogP contribution in [-0.4, -0.2) is 25.9 Å². The molecule has 0 aliphatic carbocycles. The summed E-state index contributed by atoms with van der Waals surface area (Å²) in [5.41, 5.74) is 2.10. The number of hydrogen-bond donors (Lipinski definition) is 0. The Morgan fingerprint density at radius 1 is 1.00 bits per heavy atom. The van der Waals surface area contributed by atoms with Crippen molar-refractivity contribution in [1.82, 2.24) is 0 Å². The maximum Gasteiger partial charge on any atom is 0.513 e. The summed E-state index contributed by atoms with van der Waals surface area (Å²) < 4.78 is 10.5. The average molecular weight is 313 g/mol. The second-order valence-corrected chi connectivity index (χ2v) is 5.08. The first-order valence-corrected chi connectivity index (χ1v) is 7.97. The SMILES string of the molecule is CCc1ccccc1OC(=O)OCCN(CC)c1ccccc1. The van der Waals surface area contributed by atoms with Crippen LogP contribution in [0.3, 0.4) is 0 Å². The van der Waals surface area contributed by atoms with Crippen molar-refractivity contribution in [2.24, 2.45) is 0 Å². The molecule has 0 aliphatic heterocycles. The Labute approximate surface area is 137 Å². The van der Waals surface area contributed by atoms with Crippen molar-refractivity contribution in [1.29, 1.82) is 0 Å². The molecule has 0 aliphatic rings. The van der Waals surface area contributed by atoms with E-state index in [0.717, 1.165) is 24.2 Å². The molecule has 0 saturated heterocycles. The number of nitrogens with zero attached hydrogens (tertiary/aromatic N) is 1. The maximum absolute atomic E-state index is 11.8. The van der Waals surface area contributed by atoms with E-state index >= 15 is 0 Å². The average Bonchev–Trinajstić information content (AvgIpc) is 2.60. The lowest BCUT2D eigenvalue weighted by Gasteiger charge is -2.22. The fraction of sp³-hybridized carbons (Fsp3) is 0.316. The molecular formula is C19H23NO3. The lowest BCUT2D eigenvalue weighted by atomic mass is 10.1. The van der Waals surface area contributed by atoms with Gasteiger partial charge in [0.25, 0.3) is 0 Å². The Hall–Kier alpha value is -2.49. The second-order valence-electron chi connectivity index (χ2n) is 5.08. The monoisotopic (exact) mass is 313 g/mol. The maximum atomic E-state index is 11.8. The van der Waals surface area contributed by atoms with E-state index in [1.165, 1.54) is 0 Å². The highest BCUT2D eigenvalue weighted by molar-refractivity contribution is 5.64. The number of benzene rings is 2. The Morgan fingerprint density at radius 2 is 1.70 bits per heavy atom. The van der Waals surface area contributed by atoms with Crippen LogP contribution in [0.2, 0.25) is 0 Å². The van der Waals surface area contributed by atoms with Gasteiger partial charge in [0.15, 0.2) is 0 Å². The molecule has 0 fully saturated rings. The number of carbonyl (C=O) groups excluding carboxylic acids is 1. The second kappa shape index (κ2) is 8.83. The van der Waals surface area contributed by atoms with E-state index in [2.05, 4.69) is 11.8 Å². The van der Waals surface area contributed by atoms with E-state index in [-0.39, 0.29) is 6.61 Å². The van der Waals surface area contributed by atoms with Crippen molar-refractivity contribution in [3.05, 3.63) is 60.2 Å². The van der Waals surface area contributed by atoms with Crippen LogP contribution in [0.5, 0.6) is 5.75 Å². The molecular weight excluding hydrogens is 290 g/mol. The minimum Gasteiger partial charge on any atom is -0.432 e. The zero-order chi connectivity index (χ0) is 16.5. The van der Waals surface area contributed by atoms with E-state index in [4.69, 9.17) is 9.47 Å². The molecule has 0 heterocycles. The van der Waals surface area contributed by atoms with E-state index < -0.39 is 6.16 Å². The number of rotatable bonds is 7. The molecule has 2 aromatic rings. The number of para-hydroxylation sites is 2. The van der Waals surface area contributed by atoms with Gasteiger partial charge in [0.05, 0.1) is 6.54 Å². The van der Waals surface area contributed by atoms with E-state index in [1.54, 1.807) is 6.07 Å².